The van der Waals surface area contributed by atoms with Crippen molar-refractivity contribution in [2.45, 2.75) is 31.2 Å². The number of hydrogen-bond acceptors (Lipinski definition) is 6. The predicted molar refractivity (Wildman–Crippen MR) is 95.9 cm³/mol. The van der Waals surface area contributed by atoms with Gasteiger partial charge in [0.2, 0.25) is 15.9 Å². The lowest BCUT2D eigenvalue weighted by atomic mass is 10.0. The third kappa shape index (κ3) is 4.57. The first-order valence-corrected chi connectivity index (χ1v) is 9.86. The van der Waals surface area contributed by atoms with Gasteiger partial charge in [-0.05, 0) is 18.4 Å². The second-order valence-corrected chi connectivity index (χ2v) is 8.66. The van der Waals surface area contributed by atoms with Crippen LogP contribution in [0.5, 0.6) is 0 Å². The van der Waals surface area contributed by atoms with Crippen LogP contribution in [0.25, 0.3) is 0 Å². The molecule has 0 saturated carbocycles. The fourth-order valence-electron chi connectivity index (χ4n) is 2.90. The quantitative estimate of drug-likeness (QED) is 0.571. The van der Waals surface area contributed by atoms with Crippen molar-refractivity contribution in [1.29, 1.82) is 0 Å². The average molecular weight is 384 g/mol. The molecular formula is C16H24N4O5S. The average Bonchev–Trinajstić information content (AvgIpc) is 2.60. The zero-order valence-corrected chi connectivity index (χ0v) is 15.7. The molecule has 1 amide bonds. The second-order valence-electron chi connectivity index (χ2n) is 6.72. The number of nitrogens with two attached hydrogens (primary N) is 1. The van der Waals surface area contributed by atoms with Crippen molar-refractivity contribution >= 4 is 21.6 Å². The molecule has 1 heterocycles. The molecule has 9 nitrogen and oxygen atoms in total. The summed E-state index contributed by atoms with van der Waals surface area (Å²) in [5.41, 5.74) is 5.64. The molecule has 0 aliphatic carbocycles. The minimum atomic E-state index is -3.85. The molecule has 1 saturated heterocycles. The van der Waals surface area contributed by atoms with Gasteiger partial charge < -0.3 is 10.6 Å². The summed E-state index contributed by atoms with van der Waals surface area (Å²) in [4.78, 5) is 24.0. The summed E-state index contributed by atoms with van der Waals surface area (Å²) in [6, 6.07) is 4.38. The van der Waals surface area contributed by atoms with Crippen LogP contribution in [0.1, 0.15) is 20.3 Å². The molecule has 0 unspecified atom stereocenters. The Morgan fingerprint density at radius 1 is 1.27 bits per heavy atom. The summed E-state index contributed by atoms with van der Waals surface area (Å²) in [5.74, 6) is 0.121. The van der Waals surface area contributed by atoms with Crippen LogP contribution in [0.3, 0.4) is 0 Å². The van der Waals surface area contributed by atoms with Crippen LogP contribution in [0, 0.1) is 16.0 Å². The van der Waals surface area contributed by atoms with Gasteiger partial charge in [-0.25, -0.2) is 8.42 Å². The molecule has 0 radical (unpaired) electrons. The summed E-state index contributed by atoms with van der Waals surface area (Å²) in [5, 5.41) is 10.9. The largest absolute Gasteiger partial charge is 0.339 e. The van der Waals surface area contributed by atoms with E-state index in [0.717, 1.165) is 6.07 Å². The molecule has 10 heteroatoms. The maximum atomic E-state index is 12.7. The summed E-state index contributed by atoms with van der Waals surface area (Å²) < 4.78 is 26.6. The van der Waals surface area contributed by atoms with Gasteiger partial charge in [-0.1, -0.05) is 19.9 Å². The van der Waals surface area contributed by atoms with Crippen LogP contribution in [0.2, 0.25) is 0 Å². The third-order valence-electron chi connectivity index (χ3n) is 4.26. The van der Waals surface area contributed by atoms with Crippen molar-refractivity contribution < 1.29 is 18.1 Å². The van der Waals surface area contributed by atoms with E-state index in [4.69, 9.17) is 5.73 Å². The first kappa shape index (κ1) is 20.3. The number of carbonyl (C=O) groups excluding carboxylic acids is 1. The summed E-state index contributed by atoms with van der Waals surface area (Å²) in [6.45, 7) is 4.72. The highest BCUT2D eigenvalue weighted by atomic mass is 32.2. The van der Waals surface area contributed by atoms with E-state index in [1.165, 1.54) is 22.5 Å². The Morgan fingerprint density at radius 3 is 2.42 bits per heavy atom. The molecule has 1 aromatic carbocycles. The number of benzene rings is 1. The number of piperazine rings is 1. The molecule has 0 spiro atoms. The Kier molecular flexibility index (Phi) is 6.32. The monoisotopic (exact) mass is 384 g/mol. The number of amides is 1. The maximum absolute atomic E-state index is 12.7. The Morgan fingerprint density at radius 2 is 1.88 bits per heavy atom. The number of nitro benzene ring substituents is 1. The number of nitro groups is 1. The maximum Gasteiger partial charge on any atom is 0.270 e. The van der Waals surface area contributed by atoms with Crippen LogP contribution in [0.15, 0.2) is 29.2 Å². The van der Waals surface area contributed by atoms with E-state index in [2.05, 4.69) is 0 Å². The van der Waals surface area contributed by atoms with E-state index >= 15 is 0 Å². The zero-order chi connectivity index (χ0) is 19.5. The molecule has 144 valence electrons. The Bertz CT molecular complexity index is 773. The molecule has 1 aliphatic rings. The van der Waals surface area contributed by atoms with E-state index in [0.29, 0.717) is 12.3 Å². The van der Waals surface area contributed by atoms with Gasteiger partial charge in [0.05, 0.1) is 15.9 Å². The smallest absolute Gasteiger partial charge is 0.270 e. The van der Waals surface area contributed by atoms with E-state index in [1.807, 2.05) is 13.8 Å². The lowest BCUT2D eigenvalue weighted by molar-refractivity contribution is -0.385. The number of nitrogens with zero attached hydrogens (tertiary/aromatic N) is 3. The molecule has 2 rings (SSSR count). The minimum absolute atomic E-state index is 0.122. The molecule has 0 aromatic heterocycles. The van der Waals surface area contributed by atoms with Gasteiger partial charge in [0, 0.05) is 38.3 Å². The predicted octanol–water partition coefficient (Wildman–Crippen LogP) is 0.801. The standard InChI is InChI=1S/C16H24N4O5S/c1-12(2)10-15(17)16(21)18-6-8-19(9-7-18)26(24,25)14-5-3-4-13(11-14)20(22)23/h3-5,11-12,15H,6-10,17H2,1-2H3/t15-/m0/s1. The minimum Gasteiger partial charge on any atom is -0.339 e. The van der Waals surface area contributed by atoms with Crippen molar-refractivity contribution in [1.82, 2.24) is 9.21 Å². The van der Waals surface area contributed by atoms with Crippen LogP contribution in [0.4, 0.5) is 5.69 Å². The topological polar surface area (TPSA) is 127 Å². The van der Waals surface area contributed by atoms with Crippen LogP contribution in [-0.4, -0.2) is 60.7 Å². The van der Waals surface area contributed by atoms with Gasteiger partial charge in [0.25, 0.3) is 5.69 Å². The van der Waals surface area contributed by atoms with Crippen molar-refractivity contribution in [2.75, 3.05) is 26.2 Å². The Balaban J connectivity index is 2.06. The highest BCUT2D eigenvalue weighted by Crippen LogP contribution is 2.22. The molecule has 1 aliphatic heterocycles. The van der Waals surface area contributed by atoms with Crippen molar-refractivity contribution in [2.24, 2.45) is 11.7 Å². The SMILES string of the molecule is CC(C)C[C@H](N)C(=O)N1CCN(S(=O)(=O)c2cccc([N+](=O)[O-])c2)CC1. The molecule has 2 N–H and O–H groups in total. The number of sulfonamides is 1. The molecule has 26 heavy (non-hydrogen) atoms. The highest BCUT2D eigenvalue weighted by molar-refractivity contribution is 7.89. The van der Waals surface area contributed by atoms with Gasteiger partial charge in [-0.3, -0.25) is 14.9 Å². The van der Waals surface area contributed by atoms with E-state index in [-0.39, 0.29) is 42.7 Å². The van der Waals surface area contributed by atoms with Crippen LogP contribution >= 0.6 is 0 Å². The Hall–Kier alpha value is -2.04. The lowest BCUT2D eigenvalue weighted by Gasteiger charge is -2.35. The van der Waals surface area contributed by atoms with Gasteiger partial charge in [-0.15, -0.1) is 0 Å². The van der Waals surface area contributed by atoms with E-state index in [1.54, 1.807) is 4.90 Å². The van der Waals surface area contributed by atoms with E-state index in [9.17, 15) is 23.3 Å². The fraction of sp³-hybridized carbons (Fsp3) is 0.562. The van der Waals surface area contributed by atoms with Crippen LogP contribution < -0.4 is 5.73 Å². The summed E-state index contributed by atoms with van der Waals surface area (Å²) in [7, 11) is -3.85. The molecule has 0 bridgehead atoms. The second kappa shape index (κ2) is 8.11. The first-order chi connectivity index (χ1) is 12.1. The van der Waals surface area contributed by atoms with Gasteiger partial charge in [0.15, 0.2) is 0 Å². The number of hydrogen-bond donors (Lipinski definition) is 1. The van der Waals surface area contributed by atoms with Gasteiger partial charge in [-0.2, -0.15) is 4.31 Å². The molecule has 1 fully saturated rings. The third-order valence-corrected chi connectivity index (χ3v) is 6.15. The normalized spacial score (nSPS) is 17.3. The summed E-state index contributed by atoms with van der Waals surface area (Å²) in [6.07, 6.45) is 0.574. The van der Waals surface area contributed by atoms with Gasteiger partial charge in [0.1, 0.15) is 0 Å². The van der Waals surface area contributed by atoms with Crippen molar-refractivity contribution in [3.05, 3.63) is 34.4 Å². The number of non-ortho nitro benzene ring substituents is 1. The Labute approximate surface area is 153 Å². The number of rotatable bonds is 6. The first-order valence-electron chi connectivity index (χ1n) is 8.42. The number of carbonyl (C=O) groups is 1. The molecule has 1 atom stereocenters. The molecular weight excluding hydrogens is 360 g/mol. The van der Waals surface area contributed by atoms with Gasteiger partial charge >= 0.3 is 0 Å². The summed E-state index contributed by atoms with van der Waals surface area (Å²) >= 11 is 0. The fourth-order valence-corrected chi connectivity index (χ4v) is 4.36. The zero-order valence-electron chi connectivity index (χ0n) is 14.9. The highest BCUT2D eigenvalue weighted by Gasteiger charge is 2.32. The van der Waals surface area contributed by atoms with Crippen LogP contribution in [-0.2, 0) is 14.8 Å². The molecule has 1 aromatic rings. The van der Waals surface area contributed by atoms with Crippen molar-refractivity contribution in [3.63, 3.8) is 0 Å². The van der Waals surface area contributed by atoms with E-state index < -0.39 is 21.0 Å². The lowest BCUT2D eigenvalue weighted by Crippen LogP contribution is -2.54. The van der Waals surface area contributed by atoms with Crippen molar-refractivity contribution in [3.8, 4) is 0 Å².